The van der Waals surface area contributed by atoms with Crippen molar-refractivity contribution < 1.29 is 9.90 Å². The SMILES string of the molecule is Cc1cc(Br)c2c(c1)[C@](O)(N1CCCC[C@@H]1C)C(=O)N2. The molecule has 0 bridgehead atoms. The molecular weight excluding hydrogens is 320 g/mol. The molecule has 108 valence electrons. The molecule has 3 rings (SSSR count). The van der Waals surface area contributed by atoms with Gasteiger partial charge in [0.05, 0.1) is 5.69 Å². The Morgan fingerprint density at radius 2 is 2.20 bits per heavy atom. The lowest BCUT2D eigenvalue weighted by Crippen LogP contribution is -2.56. The summed E-state index contributed by atoms with van der Waals surface area (Å²) in [5.74, 6) is -0.340. The summed E-state index contributed by atoms with van der Waals surface area (Å²) in [6, 6.07) is 4.05. The molecule has 2 heterocycles. The van der Waals surface area contributed by atoms with E-state index < -0.39 is 5.72 Å². The molecule has 0 saturated carbocycles. The number of carbonyl (C=O) groups excluding carboxylic acids is 1. The molecule has 0 aromatic heterocycles. The maximum absolute atomic E-state index is 12.4. The minimum absolute atomic E-state index is 0.199. The van der Waals surface area contributed by atoms with E-state index in [2.05, 4.69) is 28.2 Å². The number of aliphatic hydroxyl groups is 1. The second kappa shape index (κ2) is 4.83. The summed E-state index contributed by atoms with van der Waals surface area (Å²) in [4.78, 5) is 14.4. The van der Waals surface area contributed by atoms with Crippen molar-refractivity contribution in [3.05, 3.63) is 27.7 Å². The van der Waals surface area contributed by atoms with Gasteiger partial charge in [-0.15, -0.1) is 0 Å². The number of aryl methyl sites for hydroxylation is 1. The Kier molecular flexibility index (Phi) is 3.39. The molecule has 2 N–H and O–H groups in total. The van der Waals surface area contributed by atoms with Gasteiger partial charge in [-0.1, -0.05) is 6.42 Å². The van der Waals surface area contributed by atoms with Crippen molar-refractivity contribution in [2.24, 2.45) is 0 Å². The predicted molar refractivity (Wildman–Crippen MR) is 81.4 cm³/mol. The smallest absolute Gasteiger partial charge is 0.277 e. The van der Waals surface area contributed by atoms with E-state index in [4.69, 9.17) is 0 Å². The van der Waals surface area contributed by atoms with Crippen LogP contribution >= 0.6 is 15.9 Å². The lowest BCUT2D eigenvalue weighted by atomic mass is 9.94. The van der Waals surface area contributed by atoms with Crippen LogP contribution in [0.3, 0.4) is 0 Å². The summed E-state index contributed by atoms with van der Waals surface area (Å²) in [6.07, 6.45) is 3.18. The Morgan fingerprint density at radius 1 is 1.45 bits per heavy atom. The van der Waals surface area contributed by atoms with Crippen molar-refractivity contribution in [3.63, 3.8) is 0 Å². The Balaban J connectivity index is 2.12. The molecule has 0 radical (unpaired) electrons. The predicted octanol–water partition coefficient (Wildman–Crippen LogP) is 2.73. The molecule has 2 aliphatic rings. The van der Waals surface area contributed by atoms with Gasteiger partial charge in [0.2, 0.25) is 5.72 Å². The van der Waals surface area contributed by atoms with Gasteiger partial charge in [-0.3, -0.25) is 9.69 Å². The first-order chi connectivity index (χ1) is 9.44. The minimum atomic E-state index is -1.54. The maximum Gasteiger partial charge on any atom is 0.277 e. The van der Waals surface area contributed by atoms with Gasteiger partial charge in [-0.2, -0.15) is 0 Å². The van der Waals surface area contributed by atoms with Gasteiger partial charge in [0.25, 0.3) is 5.91 Å². The van der Waals surface area contributed by atoms with Crippen LogP contribution in [0.5, 0.6) is 0 Å². The Bertz CT molecular complexity index is 575. The third-order valence-corrected chi connectivity index (χ3v) is 5.01. The highest BCUT2D eigenvalue weighted by atomic mass is 79.9. The lowest BCUT2D eigenvalue weighted by molar-refractivity contribution is -0.168. The van der Waals surface area contributed by atoms with Crippen molar-refractivity contribution in [1.29, 1.82) is 0 Å². The molecule has 2 atom stereocenters. The second-order valence-electron chi connectivity index (χ2n) is 5.83. The van der Waals surface area contributed by atoms with E-state index in [1.54, 1.807) is 0 Å². The number of likely N-dealkylation sites (tertiary alicyclic amines) is 1. The average molecular weight is 339 g/mol. The quantitative estimate of drug-likeness (QED) is 0.827. The van der Waals surface area contributed by atoms with Crippen LogP contribution in [-0.2, 0) is 10.5 Å². The van der Waals surface area contributed by atoms with Crippen LogP contribution < -0.4 is 5.32 Å². The van der Waals surface area contributed by atoms with Gasteiger partial charge in [-0.05, 0) is 60.3 Å². The summed E-state index contributed by atoms with van der Waals surface area (Å²) in [5.41, 5.74) is 0.850. The highest BCUT2D eigenvalue weighted by molar-refractivity contribution is 9.10. The van der Waals surface area contributed by atoms with Crippen LogP contribution in [0.25, 0.3) is 0 Å². The first-order valence-electron chi connectivity index (χ1n) is 7.06. The lowest BCUT2D eigenvalue weighted by Gasteiger charge is -2.42. The molecule has 1 saturated heterocycles. The molecular formula is C15H19BrN2O2. The average Bonchev–Trinajstić information content (AvgIpc) is 2.65. The number of nitrogens with zero attached hydrogens (tertiary/aromatic N) is 1. The van der Waals surface area contributed by atoms with E-state index in [-0.39, 0.29) is 11.9 Å². The topological polar surface area (TPSA) is 52.6 Å². The van der Waals surface area contributed by atoms with E-state index in [1.165, 1.54) is 0 Å². The number of nitrogens with one attached hydrogen (secondary N) is 1. The maximum atomic E-state index is 12.4. The zero-order chi connectivity index (χ0) is 14.5. The fraction of sp³-hybridized carbons (Fsp3) is 0.533. The molecule has 20 heavy (non-hydrogen) atoms. The summed E-state index contributed by atoms with van der Waals surface area (Å²) < 4.78 is 0.821. The van der Waals surface area contributed by atoms with Gasteiger partial charge >= 0.3 is 0 Å². The van der Waals surface area contributed by atoms with Crippen molar-refractivity contribution in [2.75, 3.05) is 11.9 Å². The number of fused-ring (bicyclic) bond motifs is 1. The number of hydrogen-bond donors (Lipinski definition) is 2. The van der Waals surface area contributed by atoms with Gasteiger partial charge in [0, 0.05) is 22.6 Å². The standard InChI is InChI=1S/C15H19BrN2O2/c1-9-7-11-13(12(16)8-9)17-14(19)15(11,20)18-6-4-3-5-10(18)2/h7-8,10,20H,3-6H2,1-2H3,(H,17,19)/t10-,15+/m0/s1. The number of benzene rings is 1. The number of carbonyl (C=O) groups is 1. The highest BCUT2D eigenvalue weighted by Gasteiger charge is 2.52. The van der Waals surface area contributed by atoms with E-state index in [0.29, 0.717) is 11.3 Å². The fourth-order valence-corrected chi connectivity index (χ4v) is 4.00. The van der Waals surface area contributed by atoms with Crippen LogP contribution in [0.4, 0.5) is 5.69 Å². The molecule has 1 fully saturated rings. The second-order valence-corrected chi connectivity index (χ2v) is 6.69. The van der Waals surface area contributed by atoms with Crippen molar-refractivity contribution >= 4 is 27.5 Å². The van der Waals surface area contributed by atoms with Gasteiger partial charge in [-0.25, -0.2) is 0 Å². The van der Waals surface area contributed by atoms with Crippen molar-refractivity contribution in [3.8, 4) is 0 Å². The molecule has 1 aromatic carbocycles. The molecule has 0 unspecified atom stereocenters. The van der Waals surface area contributed by atoms with E-state index in [1.807, 2.05) is 24.0 Å². The Hall–Kier alpha value is -0.910. The van der Waals surface area contributed by atoms with Crippen LogP contribution in [0, 0.1) is 6.92 Å². The van der Waals surface area contributed by atoms with Gasteiger partial charge in [0.15, 0.2) is 0 Å². The van der Waals surface area contributed by atoms with Crippen LogP contribution in [0.2, 0.25) is 0 Å². The van der Waals surface area contributed by atoms with E-state index in [9.17, 15) is 9.90 Å². The number of amides is 1. The molecule has 1 aromatic rings. The summed E-state index contributed by atoms with van der Waals surface area (Å²) in [7, 11) is 0. The number of halogens is 1. The largest absolute Gasteiger partial charge is 0.364 e. The van der Waals surface area contributed by atoms with Gasteiger partial charge < -0.3 is 10.4 Å². The Labute approximate surface area is 127 Å². The zero-order valence-corrected chi connectivity index (χ0v) is 13.3. The van der Waals surface area contributed by atoms with Crippen molar-refractivity contribution in [1.82, 2.24) is 4.90 Å². The Morgan fingerprint density at radius 3 is 2.90 bits per heavy atom. The molecule has 1 amide bonds. The molecule has 2 aliphatic heterocycles. The summed E-state index contributed by atoms with van der Waals surface area (Å²) >= 11 is 3.47. The monoisotopic (exact) mass is 338 g/mol. The van der Waals surface area contributed by atoms with Crippen LogP contribution in [0.1, 0.15) is 37.3 Å². The molecule has 0 aliphatic carbocycles. The van der Waals surface area contributed by atoms with Crippen LogP contribution in [0.15, 0.2) is 16.6 Å². The molecule has 5 heteroatoms. The third kappa shape index (κ3) is 1.91. The zero-order valence-electron chi connectivity index (χ0n) is 11.7. The fourth-order valence-electron chi connectivity index (χ4n) is 3.33. The third-order valence-electron chi connectivity index (χ3n) is 4.38. The van der Waals surface area contributed by atoms with E-state index in [0.717, 1.165) is 35.8 Å². The molecule has 0 spiro atoms. The first kappa shape index (κ1) is 14.0. The summed E-state index contributed by atoms with van der Waals surface area (Å²) in [5, 5.41) is 14.0. The number of hydrogen-bond acceptors (Lipinski definition) is 3. The number of rotatable bonds is 1. The van der Waals surface area contributed by atoms with Crippen LogP contribution in [-0.4, -0.2) is 28.5 Å². The van der Waals surface area contributed by atoms with Crippen molar-refractivity contribution in [2.45, 2.75) is 44.9 Å². The first-order valence-corrected chi connectivity index (χ1v) is 7.85. The molecule has 4 nitrogen and oxygen atoms in total. The summed E-state index contributed by atoms with van der Waals surface area (Å²) in [6.45, 7) is 4.79. The highest BCUT2D eigenvalue weighted by Crippen LogP contribution is 2.44. The number of piperidine rings is 1. The van der Waals surface area contributed by atoms with E-state index >= 15 is 0 Å². The minimum Gasteiger partial charge on any atom is -0.364 e. The van der Waals surface area contributed by atoms with Gasteiger partial charge in [0.1, 0.15) is 0 Å². The number of anilines is 1. The normalized spacial score (nSPS) is 30.2.